The highest BCUT2D eigenvalue weighted by molar-refractivity contribution is 7.14. The van der Waals surface area contributed by atoms with Gasteiger partial charge in [-0.3, -0.25) is 19.8 Å². The number of hydrogen-bond acceptors (Lipinski definition) is 6. The lowest BCUT2D eigenvalue weighted by molar-refractivity contribution is -0.384. The minimum Gasteiger partial charge on any atom is -0.486 e. The number of thiazole rings is 1. The zero-order chi connectivity index (χ0) is 21.0. The molecule has 0 unspecified atom stereocenters. The van der Waals surface area contributed by atoms with Gasteiger partial charge in [0.2, 0.25) is 5.91 Å². The number of carbonyl (C=O) groups is 1. The zero-order valence-corrected chi connectivity index (χ0v) is 17.4. The van der Waals surface area contributed by atoms with Gasteiger partial charge < -0.3 is 4.74 Å². The maximum absolute atomic E-state index is 12.2. The summed E-state index contributed by atoms with van der Waals surface area (Å²) in [7, 11) is 0. The average Bonchev–Trinajstić information content (AvgIpc) is 3.15. The predicted molar refractivity (Wildman–Crippen MR) is 113 cm³/mol. The topological polar surface area (TPSA) is 85.6 Å². The van der Waals surface area contributed by atoms with Crippen LogP contribution in [0.3, 0.4) is 0 Å². The summed E-state index contributed by atoms with van der Waals surface area (Å²) >= 11 is 7.37. The van der Waals surface area contributed by atoms with Crippen LogP contribution in [0.4, 0.5) is 16.5 Å². The fraction of sp³-hybridized carbons (Fsp3) is 0.200. The molecule has 0 saturated heterocycles. The second kappa shape index (κ2) is 9.02. The van der Waals surface area contributed by atoms with Crippen molar-refractivity contribution in [3.8, 4) is 5.75 Å². The Balaban J connectivity index is 1.75. The summed E-state index contributed by atoms with van der Waals surface area (Å²) in [5.41, 5.74) is 2.45. The smallest absolute Gasteiger partial charge is 0.271 e. The van der Waals surface area contributed by atoms with Crippen LogP contribution in [0.25, 0.3) is 0 Å². The first kappa shape index (κ1) is 20.8. The number of ether oxygens (including phenoxy) is 1. The molecule has 0 radical (unpaired) electrons. The van der Waals surface area contributed by atoms with Gasteiger partial charge in [-0.1, -0.05) is 30.7 Å². The zero-order valence-electron chi connectivity index (χ0n) is 15.8. The number of nitrogens with zero attached hydrogens (tertiary/aromatic N) is 3. The Hall–Kier alpha value is -2.97. The van der Waals surface area contributed by atoms with Crippen molar-refractivity contribution in [1.29, 1.82) is 0 Å². The predicted octanol–water partition coefficient (Wildman–Crippen LogP) is 5.53. The number of nitro groups is 1. The maximum Gasteiger partial charge on any atom is 0.271 e. The lowest BCUT2D eigenvalue weighted by Crippen LogP contribution is -2.22. The van der Waals surface area contributed by atoms with Crippen molar-refractivity contribution in [2.75, 3.05) is 4.90 Å². The molecule has 0 N–H and O–H groups in total. The Kier molecular flexibility index (Phi) is 6.46. The maximum atomic E-state index is 12.2. The molecule has 0 atom stereocenters. The highest BCUT2D eigenvalue weighted by atomic mass is 35.5. The molecule has 7 nitrogen and oxygen atoms in total. The van der Waals surface area contributed by atoms with Gasteiger partial charge in [0.1, 0.15) is 12.4 Å². The van der Waals surface area contributed by atoms with Crippen LogP contribution >= 0.6 is 22.9 Å². The fourth-order valence-electron chi connectivity index (χ4n) is 2.65. The van der Waals surface area contributed by atoms with Gasteiger partial charge in [0.15, 0.2) is 5.13 Å². The summed E-state index contributed by atoms with van der Waals surface area (Å²) in [6.45, 7) is 3.68. The molecule has 2 aromatic carbocycles. The van der Waals surface area contributed by atoms with Crippen LogP contribution in [-0.2, 0) is 17.8 Å². The molecule has 150 valence electrons. The quantitative estimate of drug-likeness (QED) is 0.362. The van der Waals surface area contributed by atoms with E-state index in [2.05, 4.69) is 11.9 Å². The van der Waals surface area contributed by atoms with E-state index in [9.17, 15) is 14.9 Å². The second-order valence-corrected chi connectivity index (χ2v) is 7.40. The van der Waals surface area contributed by atoms with Gasteiger partial charge in [-0.25, -0.2) is 4.98 Å². The largest absolute Gasteiger partial charge is 0.486 e. The van der Waals surface area contributed by atoms with Gasteiger partial charge in [0.25, 0.3) is 5.69 Å². The number of amides is 1. The highest BCUT2D eigenvalue weighted by Crippen LogP contribution is 2.31. The first-order valence-corrected chi connectivity index (χ1v) is 10.1. The standard InChI is InChI=1S/C20H18ClN3O4S/c1-3-14-4-6-16(7-5-14)23(13(2)25)20-22-15(12-29-20)11-28-19-9-8-17(24(26)27)10-18(19)21/h4-10,12H,3,11H2,1-2H3. The number of aromatic nitrogens is 1. The number of aryl methyl sites for hydroxylation is 1. The number of anilines is 2. The van der Waals surface area contributed by atoms with Crippen LogP contribution in [-0.4, -0.2) is 15.8 Å². The lowest BCUT2D eigenvalue weighted by Gasteiger charge is -2.18. The van der Waals surface area contributed by atoms with Crippen molar-refractivity contribution >= 4 is 45.4 Å². The molecule has 29 heavy (non-hydrogen) atoms. The first-order valence-electron chi connectivity index (χ1n) is 8.79. The van der Waals surface area contributed by atoms with E-state index < -0.39 is 4.92 Å². The van der Waals surface area contributed by atoms with Gasteiger partial charge in [0, 0.05) is 24.4 Å². The third-order valence-electron chi connectivity index (χ3n) is 4.15. The van der Waals surface area contributed by atoms with E-state index in [4.69, 9.17) is 16.3 Å². The number of rotatable bonds is 7. The van der Waals surface area contributed by atoms with Crippen molar-refractivity contribution in [3.63, 3.8) is 0 Å². The van der Waals surface area contributed by atoms with Gasteiger partial charge in [-0.05, 0) is 30.2 Å². The van der Waals surface area contributed by atoms with E-state index in [1.54, 1.807) is 10.3 Å². The molecule has 0 aliphatic heterocycles. The molecule has 0 spiro atoms. The normalized spacial score (nSPS) is 10.6. The van der Waals surface area contributed by atoms with Gasteiger partial charge in [-0.2, -0.15) is 0 Å². The van der Waals surface area contributed by atoms with E-state index in [1.165, 1.54) is 42.0 Å². The monoisotopic (exact) mass is 431 g/mol. The van der Waals surface area contributed by atoms with Crippen molar-refractivity contribution in [2.24, 2.45) is 0 Å². The average molecular weight is 432 g/mol. The molecule has 0 aliphatic carbocycles. The van der Waals surface area contributed by atoms with Gasteiger partial charge >= 0.3 is 0 Å². The number of non-ortho nitro benzene ring substituents is 1. The number of halogens is 1. The molecular weight excluding hydrogens is 414 g/mol. The summed E-state index contributed by atoms with van der Waals surface area (Å²) in [4.78, 5) is 28.5. The molecule has 9 heteroatoms. The SMILES string of the molecule is CCc1ccc(N(C(C)=O)c2nc(COc3ccc([N+](=O)[O-])cc3Cl)cs2)cc1. The Labute approximate surface area is 176 Å². The van der Waals surface area contributed by atoms with Crippen LogP contribution in [0, 0.1) is 10.1 Å². The first-order chi connectivity index (χ1) is 13.9. The molecular formula is C20H18ClN3O4S. The van der Waals surface area contributed by atoms with Crippen LogP contribution in [0.15, 0.2) is 47.8 Å². The molecule has 3 rings (SSSR count). The van der Waals surface area contributed by atoms with Crippen LogP contribution in [0.5, 0.6) is 5.75 Å². The number of benzene rings is 2. The molecule has 0 fully saturated rings. The highest BCUT2D eigenvalue weighted by Gasteiger charge is 2.18. The lowest BCUT2D eigenvalue weighted by atomic mass is 10.1. The van der Waals surface area contributed by atoms with E-state index in [1.807, 2.05) is 24.3 Å². The Bertz CT molecular complexity index is 1040. The van der Waals surface area contributed by atoms with Crippen LogP contribution < -0.4 is 9.64 Å². The van der Waals surface area contributed by atoms with E-state index in [0.29, 0.717) is 16.6 Å². The molecule has 0 saturated carbocycles. The van der Waals surface area contributed by atoms with Crippen LogP contribution in [0.1, 0.15) is 25.1 Å². The molecule has 1 aromatic heterocycles. The Morgan fingerprint density at radius 2 is 2.00 bits per heavy atom. The van der Waals surface area contributed by atoms with E-state index >= 15 is 0 Å². The number of nitro benzene ring substituents is 1. The van der Waals surface area contributed by atoms with E-state index in [-0.39, 0.29) is 23.2 Å². The number of hydrogen-bond donors (Lipinski definition) is 0. The minimum absolute atomic E-state index is 0.107. The second-order valence-electron chi connectivity index (χ2n) is 6.16. The van der Waals surface area contributed by atoms with Gasteiger partial charge in [0.05, 0.1) is 21.3 Å². The van der Waals surface area contributed by atoms with Gasteiger partial charge in [-0.15, -0.1) is 11.3 Å². The molecule has 1 heterocycles. The molecule has 3 aromatic rings. The Morgan fingerprint density at radius 3 is 2.59 bits per heavy atom. The van der Waals surface area contributed by atoms with Crippen molar-refractivity contribution in [2.45, 2.75) is 26.9 Å². The minimum atomic E-state index is -0.522. The summed E-state index contributed by atoms with van der Waals surface area (Å²) in [6.07, 6.45) is 0.921. The van der Waals surface area contributed by atoms with Crippen molar-refractivity contribution in [3.05, 3.63) is 74.2 Å². The fourth-order valence-corrected chi connectivity index (χ4v) is 3.75. The molecule has 0 aliphatic rings. The van der Waals surface area contributed by atoms with Crippen molar-refractivity contribution in [1.82, 2.24) is 4.98 Å². The number of carbonyl (C=O) groups excluding carboxylic acids is 1. The molecule has 0 bridgehead atoms. The summed E-state index contributed by atoms with van der Waals surface area (Å²) in [5, 5.41) is 13.3. The third kappa shape index (κ3) is 4.90. The molecule has 1 amide bonds. The summed E-state index contributed by atoms with van der Waals surface area (Å²) in [5.74, 6) is 0.180. The van der Waals surface area contributed by atoms with Crippen molar-refractivity contribution < 1.29 is 14.5 Å². The Morgan fingerprint density at radius 1 is 1.28 bits per heavy atom. The summed E-state index contributed by atoms with van der Waals surface area (Å²) in [6, 6.07) is 11.8. The van der Waals surface area contributed by atoms with E-state index in [0.717, 1.165) is 12.1 Å². The summed E-state index contributed by atoms with van der Waals surface area (Å²) < 4.78 is 5.63. The third-order valence-corrected chi connectivity index (χ3v) is 5.32. The van der Waals surface area contributed by atoms with Crippen LogP contribution in [0.2, 0.25) is 5.02 Å².